The number of aromatic nitrogens is 1. The Hall–Kier alpha value is -4.72. The molecule has 0 fully saturated rings. The average molecular weight is 468 g/mol. The van der Waals surface area contributed by atoms with Crippen molar-refractivity contribution in [3.63, 3.8) is 0 Å². The summed E-state index contributed by atoms with van der Waals surface area (Å²) in [5, 5.41) is 21.8. The third kappa shape index (κ3) is 5.95. The average Bonchev–Trinajstić information content (AvgIpc) is 2.79. The number of hydrogen-bond acceptors (Lipinski definition) is 5. The van der Waals surface area contributed by atoms with Crippen LogP contribution in [0.2, 0.25) is 0 Å². The number of rotatable bonds is 6. The van der Waals surface area contributed by atoms with Gasteiger partial charge < -0.3 is 10.4 Å². The first-order valence-electron chi connectivity index (χ1n) is 9.57. The number of alkyl halides is 3. The second kappa shape index (κ2) is 9.83. The van der Waals surface area contributed by atoms with E-state index in [-0.39, 0.29) is 16.9 Å². The number of nitrogens with zero attached hydrogens (tertiary/aromatic N) is 2. The standard InChI is InChI=1S/C23H15F3N4O4/c24-23(25,26)16-5-7-18(30-22(33)34)19(9-16)29-21(32)10-20(31)14-3-1-2-13(8-14)15-4-6-17(11-27)28-12-15/h1-9,12,30H,10H2,(H,29,32)(H,33,34). The number of amides is 2. The molecule has 2 aromatic carbocycles. The van der Waals surface area contributed by atoms with Crippen molar-refractivity contribution in [2.45, 2.75) is 12.6 Å². The van der Waals surface area contributed by atoms with Crippen molar-refractivity contribution in [1.29, 1.82) is 5.26 Å². The minimum Gasteiger partial charge on any atom is -0.465 e. The van der Waals surface area contributed by atoms with Crippen LogP contribution in [0.1, 0.15) is 28.0 Å². The maximum Gasteiger partial charge on any atom is 0.416 e. The molecule has 0 unspecified atom stereocenters. The van der Waals surface area contributed by atoms with Gasteiger partial charge in [-0.05, 0) is 42.0 Å². The summed E-state index contributed by atoms with van der Waals surface area (Å²) >= 11 is 0. The summed E-state index contributed by atoms with van der Waals surface area (Å²) in [5.74, 6) is -1.54. The van der Waals surface area contributed by atoms with E-state index in [2.05, 4.69) is 10.3 Å². The van der Waals surface area contributed by atoms with Gasteiger partial charge in [0.2, 0.25) is 5.91 Å². The number of benzene rings is 2. The number of halogens is 3. The largest absolute Gasteiger partial charge is 0.465 e. The fraction of sp³-hybridized carbons (Fsp3) is 0.0870. The molecular formula is C23H15F3N4O4. The van der Waals surface area contributed by atoms with Crippen molar-refractivity contribution in [3.05, 3.63) is 77.6 Å². The Labute approximate surface area is 190 Å². The van der Waals surface area contributed by atoms with Crippen LogP contribution in [-0.4, -0.2) is 27.9 Å². The number of nitriles is 1. The number of hydrogen-bond donors (Lipinski definition) is 3. The summed E-state index contributed by atoms with van der Waals surface area (Å²) in [5.41, 5.74) is -0.192. The molecule has 0 aliphatic heterocycles. The van der Waals surface area contributed by atoms with Crippen molar-refractivity contribution in [2.75, 3.05) is 10.6 Å². The maximum atomic E-state index is 13.0. The molecule has 1 heterocycles. The van der Waals surface area contributed by atoms with E-state index in [1.54, 1.807) is 18.2 Å². The first-order valence-corrected chi connectivity index (χ1v) is 9.57. The van der Waals surface area contributed by atoms with E-state index >= 15 is 0 Å². The predicted octanol–water partition coefficient (Wildman–Crippen LogP) is 4.94. The van der Waals surface area contributed by atoms with Gasteiger partial charge in [-0.25, -0.2) is 9.78 Å². The third-order valence-electron chi connectivity index (χ3n) is 4.58. The number of carbonyl (C=O) groups is 3. The zero-order chi connectivity index (χ0) is 24.9. The normalized spacial score (nSPS) is 10.8. The van der Waals surface area contributed by atoms with Gasteiger partial charge in [0, 0.05) is 17.3 Å². The van der Waals surface area contributed by atoms with Gasteiger partial charge in [0.15, 0.2) is 5.78 Å². The second-order valence-corrected chi connectivity index (χ2v) is 6.96. The van der Waals surface area contributed by atoms with Gasteiger partial charge >= 0.3 is 12.3 Å². The Balaban J connectivity index is 1.78. The van der Waals surface area contributed by atoms with Crippen LogP contribution in [0.4, 0.5) is 29.3 Å². The molecule has 3 N–H and O–H groups in total. The lowest BCUT2D eigenvalue weighted by molar-refractivity contribution is -0.137. The van der Waals surface area contributed by atoms with Crippen LogP contribution in [-0.2, 0) is 11.0 Å². The molecule has 0 aliphatic carbocycles. The summed E-state index contributed by atoms with van der Waals surface area (Å²) in [6.07, 6.45) is -5.50. The van der Waals surface area contributed by atoms with Crippen LogP contribution >= 0.6 is 0 Å². The number of pyridine rings is 1. The minimum absolute atomic E-state index is 0.171. The van der Waals surface area contributed by atoms with Crippen LogP contribution in [0.25, 0.3) is 11.1 Å². The molecule has 8 nitrogen and oxygen atoms in total. The summed E-state index contributed by atoms with van der Waals surface area (Å²) in [6.45, 7) is 0. The van der Waals surface area contributed by atoms with Gasteiger partial charge in [0.05, 0.1) is 23.4 Å². The van der Waals surface area contributed by atoms with Crippen molar-refractivity contribution < 1.29 is 32.7 Å². The molecule has 3 aromatic rings. The van der Waals surface area contributed by atoms with Crippen molar-refractivity contribution >= 4 is 29.2 Å². The Morgan fingerprint density at radius 3 is 2.35 bits per heavy atom. The number of anilines is 2. The highest BCUT2D eigenvalue weighted by Gasteiger charge is 2.31. The van der Waals surface area contributed by atoms with Crippen molar-refractivity contribution in [2.24, 2.45) is 0 Å². The van der Waals surface area contributed by atoms with E-state index in [1.807, 2.05) is 11.4 Å². The van der Waals surface area contributed by atoms with Gasteiger partial charge in [0.1, 0.15) is 11.8 Å². The van der Waals surface area contributed by atoms with E-state index in [9.17, 15) is 27.6 Å². The highest BCUT2D eigenvalue weighted by molar-refractivity contribution is 6.12. The van der Waals surface area contributed by atoms with Gasteiger partial charge in [-0.3, -0.25) is 14.9 Å². The lowest BCUT2D eigenvalue weighted by atomic mass is 10.0. The molecule has 34 heavy (non-hydrogen) atoms. The predicted molar refractivity (Wildman–Crippen MR) is 115 cm³/mol. The zero-order valence-electron chi connectivity index (χ0n) is 17.2. The second-order valence-electron chi connectivity index (χ2n) is 6.96. The smallest absolute Gasteiger partial charge is 0.416 e. The molecule has 172 valence electrons. The summed E-state index contributed by atoms with van der Waals surface area (Å²) < 4.78 is 39.1. The summed E-state index contributed by atoms with van der Waals surface area (Å²) in [7, 11) is 0. The van der Waals surface area contributed by atoms with E-state index in [1.165, 1.54) is 24.4 Å². The van der Waals surface area contributed by atoms with Crippen LogP contribution in [0.15, 0.2) is 60.8 Å². The number of carbonyl (C=O) groups excluding carboxylic acids is 2. The highest BCUT2D eigenvalue weighted by atomic mass is 19.4. The quantitative estimate of drug-likeness (QED) is 0.347. The summed E-state index contributed by atoms with van der Waals surface area (Å²) in [6, 6.07) is 13.4. The van der Waals surface area contributed by atoms with E-state index in [4.69, 9.17) is 10.4 Å². The maximum absolute atomic E-state index is 13.0. The molecule has 0 atom stereocenters. The Kier molecular flexibility index (Phi) is 6.92. The van der Waals surface area contributed by atoms with E-state index in [0.29, 0.717) is 23.3 Å². The van der Waals surface area contributed by atoms with Crippen molar-refractivity contribution in [3.8, 4) is 17.2 Å². The molecule has 0 spiro atoms. The number of Topliss-reactive ketones (excluding diaryl/α,β-unsaturated/α-hetero) is 1. The Bertz CT molecular complexity index is 1300. The number of nitrogens with one attached hydrogen (secondary N) is 2. The topological polar surface area (TPSA) is 132 Å². The van der Waals surface area contributed by atoms with Gasteiger partial charge in [0.25, 0.3) is 0 Å². The summed E-state index contributed by atoms with van der Waals surface area (Å²) in [4.78, 5) is 39.9. The number of ketones is 1. The highest BCUT2D eigenvalue weighted by Crippen LogP contribution is 2.34. The molecule has 0 aliphatic rings. The number of carboxylic acid groups (broad SMARTS) is 1. The molecule has 1 aromatic heterocycles. The van der Waals surface area contributed by atoms with Gasteiger partial charge in [-0.15, -0.1) is 0 Å². The fourth-order valence-electron chi connectivity index (χ4n) is 2.99. The first-order chi connectivity index (χ1) is 16.1. The molecule has 3 rings (SSSR count). The van der Waals surface area contributed by atoms with Crippen LogP contribution in [0, 0.1) is 11.3 Å². The first kappa shape index (κ1) is 23.9. The molecule has 11 heteroatoms. The van der Waals surface area contributed by atoms with Gasteiger partial charge in [-0.2, -0.15) is 18.4 Å². The molecule has 0 radical (unpaired) electrons. The Morgan fingerprint density at radius 2 is 1.74 bits per heavy atom. The molecular weight excluding hydrogens is 453 g/mol. The van der Waals surface area contributed by atoms with Crippen LogP contribution in [0.3, 0.4) is 0 Å². The molecule has 2 amide bonds. The fourth-order valence-corrected chi connectivity index (χ4v) is 2.99. The molecule has 0 saturated heterocycles. The zero-order valence-corrected chi connectivity index (χ0v) is 17.2. The lowest BCUT2D eigenvalue weighted by Crippen LogP contribution is -2.19. The monoisotopic (exact) mass is 468 g/mol. The van der Waals surface area contributed by atoms with Crippen LogP contribution < -0.4 is 10.6 Å². The molecule has 0 bridgehead atoms. The van der Waals surface area contributed by atoms with Gasteiger partial charge in [-0.1, -0.05) is 18.2 Å². The SMILES string of the molecule is N#Cc1ccc(-c2cccc(C(=O)CC(=O)Nc3cc(C(F)(F)F)ccc3NC(=O)O)c2)cn1. The third-order valence-corrected chi connectivity index (χ3v) is 4.58. The lowest BCUT2D eigenvalue weighted by Gasteiger charge is -2.14. The minimum atomic E-state index is -4.72. The van der Waals surface area contributed by atoms with Crippen LogP contribution in [0.5, 0.6) is 0 Å². The van der Waals surface area contributed by atoms with E-state index in [0.717, 1.165) is 6.07 Å². The Morgan fingerprint density at radius 1 is 0.971 bits per heavy atom. The van der Waals surface area contributed by atoms with Crippen molar-refractivity contribution in [1.82, 2.24) is 4.98 Å². The van der Waals surface area contributed by atoms with E-state index < -0.39 is 41.6 Å². The molecule has 0 saturated carbocycles.